The molecule has 0 radical (unpaired) electrons. The zero-order valence-corrected chi connectivity index (χ0v) is 11.3. The Labute approximate surface area is 113 Å². The van der Waals surface area contributed by atoms with E-state index in [2.05, 4.69) is 21.6 Å². The molecule has 0 amide bonds. The highest BCUT2D eigenvalue weighted by Crippen LogP contribution is 2.37. The first-order valence-electron chi connectivity index (χ1n) is 6.93. The predicted molar refractivity (Wildman–Crippen MR) is 72.7 cm³/mol. The molecule has 4 fully saturated rings. The Morgan fingerprint density at radius 3 is 1.89 bits per heavy atom. The highest BCUT2D eigenvalue weighted by molar-refractivity contribution is 6.01. The van der Waals surface area contributed by atoms with Crippen LogP contribution >= 0.6 is 0 Å². The van der Waals surface area contributed by atoms with E-state index in [1.54, 1.807) is 0 Å². The Balaban J connectivity index is 1.68. The van der Waals surface area contributed by atoms with Crippen LogP contribution in [0.25, 0.3) is 0 Å². The molecule has 0 N–H and O–H groups in total. The van der Waals surface area contributed by atoms with Crippen molar-refractivity contribution in [2.75, 3.05) is 39.6 Å². The Morgan fingerprint density at radius 1 is 0.947 bits per heavy atom. The van der Waals surface area contributed by atoms with Gasteiger partial charge in [-0.15, -0.1) is 0 Å². The average molecular weight is 257 g/mol. The number of rotatable bonds is 2. The molecule has 4 saturated heterocycles. The zero-order chi connectivity index (χ0) is 13.0. The van der Waals surface area contributed by atoms with Gasteiger partial charge in [-0.1, -0.05) is 29.8 Å². The van der Waals surface area contributed by atoms with E-state index in [4.69, 9.17) is 0 Å². The van der Waals surface area contributed by atoms with Crippen LogP contribution in [0, 0.1) is 12.3 Å². The van der Waals surface area contributed by atoms with Gasteiger partial charge in [0, 0.05) is 25.2 Å². The van der Waals surface area contributed by atoms with Crippen molar-refractivity contribution in [2.24, 2.45) is 5.41 Å². The summed E-state index contributed by atoms with van der Waals surface area (Å²) in [5.41, 5.74) is 1.87. The van der Waals surface area contributed by atoms with E-state index in [-0.39, 0.29) is 5.41 Å². The van der Waals surface area contributed by atoms with Gasteiger partial charge < -0.3 is 0 Å². The molecule has 4 nitrogen and oxygen atoms in total. The van der Waals surface area contributed by atoms with Gasteiger partial charge in [-0.3, -0.25) is 19.5 Å². The van der Waals surface area contributed by atoms with Gasteiger partial charge in [0.15, 0.2) is 5.78 Å². The number of hydrogen-bond acceptors (Lipinski definition) is 4. The van der Waals surface area contributed by atoms with Crippen molar-refractivity contribution in [3.05, 3.63) is 35.4 Å². The first-order chi connectivity index (χ1) is 9.14. The molecule has 19 heavy (non-hydrogen) atoms. The molecule has 100 valence electrons. The monoisotopic (exact) mass is 257 g/mol. The minimum atomic E-state index is -0.204. The number of Topliss-reactive ketones (excluding diaryl/α,β-unsaturated/α-hetero) is 1. The zero-order valence-electron chi connectivity index (χ0n) is 11.3. The molecule has 5 rings (SSSR count). The highest BCUT2D eigenvalue weighted by atomic mass is 16.1. The van der Waals surface area contributed by atoms with Gasteiger partial charge in [0.05, 0.1) is 25.4 Å². The molecule has 0 atom stereocenters. The van der Waals surface area contributed by atoms with Gasteiger partial charge in [0.25, 0.3) is 0 Å². The molecule has 0 spiro atoms. The summed E-state index contributed by atoms with van der Waals surface area (Å²) in [6, 6.07) is 8.04. The van der Waals surface area contributed by atoms with E-state index >= 15 is 0 Å². The van der Waals surface area contributed by atoms with Crippen LogP contribution in [0.2, 0.25) is 0 Å². The fourth-order valence-electron chi connectivity index (χ4n) is 3.94. The van der Waals surface area contributed by atoms with Gasteiger partial charge >= 0.3 is 0 Å². The van der Waals surface area contributed by atoms with E-state index in [1.807, 2.05) is 24.3 Å². The van der Waals surface area contributed by atoms with Crippen molar-refractivity contribution in [1.82, 2.24) is 14.7 Å². The summed E-state index contributed by atoms with van der Waals surface area (Å²) in [7, 11) is 0. The maximum Gasteiger partial charge on any atom is 0.172 e. The third-order valence-electron chi connectivity index (χ3n) is 4.57. The van der Waals surface area contributed by atoms with Crippen LogP contribution in [-0.4, -0.2) is 60.1 Å². The minimum Gasteiger partial charge on any atom is -0.293 e. The maximum atomic E-state index is 12.9. The van der Waals surface area contributed by atoms with Gasteiger partial charge in [-0.25, -0.2) is 0 Å². The fourth-order valence-corrected chi connectivity index (χ4v) is 3.94. The molecular weight excluding hydrogens is 238 g/mol. The predicted octanol–water partition coefficient (Wildman–Crippen LogP) is 0.983. The first kappa shape index (κ1) is 11.6. The lowest BCUT2D eigenvalue weighted by atomic mass is 9.75. The minimum absolute atomic E-state index is 0.204. The molecular formula is C15H19N3O. The molecule has 4 heteroatoms. The molecule has 0 unspecified atom stereocenters. The number of hydrogen-bond donors (Lipinski definition) is 0. The lowest BCUT2D eigenvalue weighted by molar-refractivity contribution is -0.155. The number of carbonyl (C=O) groups excluding carboxylic acids is 1. The van der Waals surface area contributed by atoms with Gasteiger partial charge in [-0.05, 0) is 6.92 Å². The van der Waals surface area contributed by atoms with Crippen LogP contribution in [0.3, 0.4) is 0 Å². The molecule has 0 aromatic heterocycles. The molecule has 1 aromatic rings. The van der Waals surface area contributed by atoms with E-state index in [1.165, 1.54) is 5.56 Å². The fraction of sp³-hybridized carbons (Fsp3) is 0.533. The molecule has 4 aliphatic heterocycles. The van der Waals surface area contributed by atoms with Crippen molar-refractivity contribution in [1.29, 1.82) is 0 Å². The summed E-state index contributed by atoms with van der Waals surface area (Å²) in [4.78, 5) is 20.1. The smallest absolute Gasteiger partial charge is 0.172 e. The third kappa shape index (κ3) is 1.75. The van der Waals surface area contributed by atoms with Crippen molar-refractivity contribution >= 4 is 5.78 Å². The largest absolute Gasteiger partial charge is 0.293 e. The summed E-state index contributed by atoms with van der Waals surface area (Å²) in [5.74, 6) is 0.326. The van der Waals surface area contributed by atoms with Crippen molar-refractivity contribution in [2.45, 2.75) is 6.92 Å². The summed E-state index contributed by atoms with van der Waals surface area (Å²) in [5, 5.41) is 0. The topological polar surface area (TPSA) is 26.8 Å². The first-order valence-corrected chi connectivity index (χ1v) is 6.93. The van der Waals surface area contributed by atoms with Crippen molar-refractivity contribution in [3.63, 3.8) is 0 Å². The van der Waals surface area contributed by atoms with Crippen LogP contribution < -0.4 is 0 Å². The molecule has 4 aliphatic rings. The van der Waals surface area contributed by atoms with Crippen LogP contribution in [0.4, 0.5) is 0 Å². The number of benzene rings is 1. The molecule has 4 bridgehead atoms. The SMILES string of the molecule is Cc1ccc(C(=O)C23CN4CN(CN(C4)C2)C3)cc1. The number of aryl methyl sites for hydroxylation is 1. The second-order valence-corrected chi connectivity index (χ2v) is 6.39. The Hall–Kier alpha value is -1.23. The second kappa shape index (κ2) is 3.88. The van der Waals surface area contributed by atoms with Crippen molar-refractivity contribution < 1.29 is 4.79 Å². The van der Waals surface area contributed by atoms with Crippen LogP contribution in [0.5, 0.6) is 0 Å². The van der Waals surface area contributed by atoms with E-state index in [9.17, 15) is 4.79 Å². The molecule has 1 aromatic carbocycles. The Kier molecular flexibility index (Phi) is 2.37. The lowest BCUT2D eigenvalue weighted by Gasteiger charge is -2.59. The van der Waals surface area contributed by atoms with E-state index in [0.717, 1.165) is 45.2 Å². The van der Waals surface area contributed by atoms with E-state index < -0.39 is 0 Å². The van der Waals surface area contributed by atoms with Gasteiger partial charge in [0.1, 0.15) is 0 Å². The normalized spacial score (nSPS) is 39.5. The standard InChI is InChI=1S/C15H19N3O/c1-12-2-4-13(5-3-12)14(19)15-6-16-9-17(7-15)11-18(8-15)10-16/h2-5H,6-11H2,1H3. The van der Waals surface area contributed by atoms with Gasteiger partial charge in [-0.2, -0.15) is 0 Å². The van der Waals surface area contributed by atoms with Crippen molar-refractivity contribution in [3.8, 4) is 0 Å². The second-order valence-electron chi connectivity index (χ2n) is 6.39. The Morgan fingerprint density at radius 2 is 1.42 bits per heavy atom. The quantitative estimate of drug-likeness (QED) is 0.738. The van der Waals surface area contributed by atoms with Crippen LogP contribution in [0.15, 0.2) is 24.3 Å². The van der Waals surface area contributed by atoms with Crippen LogP contribution in [-0.2, 0) is 0 Å². The summed E-state index contributed by atoms with van der Waals surface area (Å²) < 4.78 is 0. The molecule has 4 heterocycles. The van der Waals surface area contributed by atoms with Crippen LogP contribution in [0.1, 0.15) is 15.9 Å². The van der Waals surface area contributed by atoms with E-state index in [0.29, 0.717) is 5.78 Å². The number of ketones is 1. The summed E-state index contributed by atoms with van der Waals surface area (Å²) in [6.07, 6.45) is 0. The lowest BCUT2D eigenvalue weighted by Crippen LogP contribution is -2.74. The molecule has 0 aliphatic carbocycles. The molecule has 0 saturated carbocycles. The third-order valence-corrected chi connectivity index (χ3v) is 4.57. The highest BCUT2D eigenvalue weighted by Gasteiger charge is 2.52. The average Bonchev–Trinajstić information content (AvgIpc) is 2.37. The number of carbonyl (C=O) groups is 1. The maximum absolute atomic E-state index is 12.9. The summed E-state index contributed by atoms with van der Waals surface area (Å²) >= 11 is 0. The number of nitrogens with zero attached hydrogens (tertiary/aromatic N) is 3. The summed E-state index contributed by atoms with van der Waals surface area (Å²) in [6.45, 7) is 7.91. The van der Waals surface area contributed by atoms with Gasteiger partial charge in [0.2, 0.25) is 0 Å². The Bertz CT molecular complexity index is 487.